The first-order valence-electron chi connectivity index (χ1n) is 7.82. The fourth-order valence-corrected chi connectivity index (χ4v) is 2.77. The summed E-state index contributed by atoms with van der Waals surface area (Å²) in [4.78, 5) is 0. The maximum absolute atomic E-state index is 6.31. The van der Waals surface area contributed by atoms with Crippen molar-refractivity contribution in [3.63, 3.8) is 0 Å². The molecule has 4 heteroatoms. The van der Waals surface area contributed by atoms with Gasteiger partial charge in [0.2, 0.25) is 0 Å². The molecule has 2 N–H and O–H groups in total. The van der Waals surface area contributed by atoms with Crippen molar-refractivity contribution in [1.29, 1.82) is 0 Å². The van der Waals surface area contributed by atoms with Crippen molar-refractivity contribution in [2.24, 2.45) is 5.73 Å². The minimum Gasteiger partial charge on any atom is -0.497 e. The van der Waals surface area contributed by atoms with E-state index in [2.05, 4.69) is 18.2 Å². The second kappa shape index (κ2) is 8.23. The van der Waals surface area contributed by atoms with Gasteiger partial charge in [0.1, 0.15) is 11.5 Å². The Bertz CT molecular complexity index is 626. The minimum atomic E-state index is 0.106. The van der Waals surface area contributed by atoms with E-state index in [-0.39, 0.29) is 12.0 Å². The zero-order valence-corrected chi connectivity index (χ0v) is 14.6. The van der Waals surface area contributed by atoms with Crippen LogP contribution in [0.1, 0.15) is 30.9 Å². The highest BCUT2D eigenvalue weighted by Gasteiger charge is 2.13. The van der Waals surface area contributed by atoms with Crippen LogP contribution in [0.4, 0.5) is 0 Å². The molecule has 3 nitrogen and oxygen atoms in total. The van der Waals surface area contributed by atoms with Crippen LogP contribution in [0.3, 0.4) is 0 Å². The van der Waals surface area contributed by atoms with Crippen molar-refractivity contribution in [2.45, 2.75) is 32.3 Å². The van der Waals surface area contributed by atoms with E-state index in [4.69, 9.17) is 26.8 Å². The highest BCUT2D eigenvalue weighted by Crippen LogP contribution is 2.29. The summed E-state index contributed by atoms with van der Waals surface area (Å²) >= 11 is 6.31. The quantitative estimate of drug-likeness (QED) is 0.815. The van der Waals surface area contributed by atoms with Gasteiger partial charge in [-0.3, -0.25) is 0 Å². The van der Waals surface area contributed by atoms with E-state index in [0.717, 1.165) is 23.5 Å². The summed E-state index contributed by atoms with van der Waals surface area (Å²) in [5.74, 6) is 1.82. The Labute approximate surface area is 143 Å². The maximum atomic E-state index is 6.31. The van der Waals surface area contributed by atoms with Crippen LogP contribution in [0.2, 0.25) is 5.02 Å². The molecule has 0 radical (unpaired) electrons. The van der Waals surface area contributed by atoms with Gasteiger partial charge >= 0.3 is 0 Å². The summed E-state index contributed by atoms with van der Waals surface area (Å²) in [6.45, 7) is 4.55. The van der Waals surface area contributed by atoms with Crippen molar-refractivity contribution >= 4 is 11.6 Å². The first-order valence-corrected chi connectivity index (χ1v) is 8.20. The van der Waals surface area contributed by atoms with Gasteiger partial charge in [-0.15, -0.1) is 0 Å². The van der Waals surface area contributed by atoms with Crippen LogP contribution in [0.15, 0.2) is 42.5 Å². The van der Waals surface area contributed by atoms with Gasteiger partial charge in [-0.25, -0.2) is 0 Å². The second-order valence-corrected chi connectivity index (χ2v) is 6.25. The molecule has 0 fully saturated rings. The largest absolute Gasteiger partial charge is 0.497 e. The molecule has 124 valence electrons. The number of nitrogens with two attached hydrogens (primary N) is 1. The van der Waals surface area contributed by atoms with Crippen molar-refractivity contribution < 1.29 is 9.47 Å². The Kier molecular flexibility index (Phi) is 6.31. The topological polar surface area (TPSA) is 44.5 Å². The van der Waals surface area contributed by atoms with Crippen LogP contribution in [-0.4, -0.2) is 19.8 Å². The number of hydrogen-bond donors (Lipinski definition) is 1. The number of methoxy groups -OCH3 is 1. The molecule has 0 aromatic heterocycles. The highest BCUT2D eigenvalue weighted by molar-refractivity contribution is 6.32. The number of ether oxygens (including phenoxy) is 2. The average Bonchev–Trinajstić information content (AvgIpc) is 2.55. The smallest absolute Gasteiger partial charge is 0.138 e. The molecule has 0 heterocycles. The number of benzene rings is 2. The molecule has 0 saturated heterocycles. The van der Waals surface area contributed by atoms with Gasteiger partial charge in [0.25, 0.3) is 0 Å². The molecular weight excluding hydrogens is 310 g/mol. The summed E-state index contributed by atoms with van der Waals surface area (Å²) < 4.78 is 10.9. The molecule has 0 aliphatic rings. The zero-order valence-electron chi connectivity index (χ0n) is 13.9. The predicted octanol–water partition coefficient (Wildman–Crippen LogP) is 4.42. The summed E-state index contributed by atoms with van der Waals surface area (Å²) in [6, 6.07) is 14.0. The molecule has 1 unspecified atom stereocenters. The first kappa shape index (κ1) is 17.6. The van der Waals surface area contributed by atoms with E-state index in [1.807, 2.05) is 38.1 Å². The molecule has 1 atom stereocenters. The van der Waals surface area contributed by atoms with Crippen molar-refractivity contribution in [2.75, 3.05) is 13.7 Å². The van der Waals surface area contributed by atoms with Crippen molar-refractivity contribution in [3.05, 3.63) is 58.6 Å². The third kappa shape index (κ3) is 4.88. The van der Waals surface area contributed by atoms with Crippen LogP contribution in [0, 0.1) is 0 Å². The maximum Gasteiger partial charge on any atom is 0.138 e. The van der Waals surface area contributed by atoms with Gasteiger partial charge in [-0.05, 0) is 62.2 Å². The molecule has 2 aromatic rings. The highest BCUT2D eigenvalue weighted by atomic mass is 35.5. The van der Waals surface area contributed by atoms with E-state index in [1.165, 1.54) is 5.56 Å². The molecule has 0 spiro atoms. The Hall–Kier alpha value is -1.71. The van der Waals surface area contributed by atoms with Gasteiger partial charge < -0.3 is 15.2 Å². The minimum absolute atomic E-state index is 0.106. The molecule has 0 saturated carbocycles. The molecule has 0 aliphatic heterocycles. The van der Waals surface area contributed by atoms with Gasteiger partial charge in [-0.2, -0.15) is 0 Å². The van der Waals surface area contributed by atoms with Gasteiger partial charge in [0.15, 0.2) is 0 Å². The second-order valence-electron chi connectivity index (χ2n) is 5.84. The molecular formula is C19H24ClNO2. The monoisotopic (exact) mass is 333 g/mol. The van der Waals surface area contributed by atoms with Crippen LogP contribution in [0.5, 0.6) is 11.5 Å². The van der Waals surface area contributed by atoms with Crippen LogP contribution < -0.4 is 15.2 Å². The fraction of sp³-hybridized carbons (Fsp3) is 0.368. The summed E-state index contributed by atoms with van der Waals surface area (Å²) in [5.41, 5.74) is 8.32. The van der Waals surface area contributed by atoms with E-state index in [0.29, 0.717) is 11.6 Å². The van der Waals surface area contributed by atoms with E-state index in [1.54, 1.807) is 7.11 Å². The number of hydrogen-bond acceptors (Lipinski definition) is 3. The van der Waals surface area contributed by atoms with Gasteiger partial charge in [0.05, 0.1) is 18.2 Å². The number of halogens is 1. The molecule has 23 heavy (non-hydrogen) atoms. The number of rotatable bonds is 7. The predicted molar refractivity (Wildman–Crippen MR) is 95.7 cm³/mol. The third-order valence-electron chi connectivity index (χ3n) is 3.71. The van der Waals surface area contributed by atoms with E-state index < -0.39 is 0 Å². The lowest BCUT2D eigenvalue weighted by molar-refractivity contribution is 0.242. The van der Waals surface area contributed by atoms with Crippen molar-refractivity contribution in [1.82, 2.24) is 0 Å². The lowest BCUT2D eigenvalue weighted by Gasteiger charge is -2.17. The SMILES string of the molecule is COc1ccc(C(CN)Cc2ccc(OC(C)C)c(Cl)c2)cc1. The normalized spacial score (nSPS) is 12.3. The lowest BCUT2D eigenvalue weighted by atomic mass is 9.92. The molecule has 0 bridgehead atoms. The zero-order chi connectivity index (χ0) is 16.8. The molecule has 2 rings (SSSR count). The van der Waals surface area contributed by atoms with E-state index >= 15 is 0 Å². The van der Waals surface area contributed by atoms with E-state index in [9.17, 15) is 0 Å². The van der Waals surface area contributed by atoms with Gasteiger partial charge in [0, 0.05) is 5.92 Å². The van der Waals surface area contributed by atoms with Crippen LogP contribution in [0.25, 0.3) is 0 Å². The Balaban J connectivity index is 2.13. The van der Waals surface area contributed by atoms with Crippen LogP contribution >= 0.6 is 11.6 Å². The Morgan fingerprint density at radius 1 is 1.09 bits per heavy atom. The third-order valence-corrected chi connectivity index (χ3v) is 4.01. The molecule has 0 amide bonds. The van der Waals surface area contributed by atoms with Gasteiger partial charge in [-0.1, -0.05) is 29.8 Å². The summed E-state index contributed by atoms with van der Waals surface area (Å²) in [7, 11) is 1.66. The van der Waals surface area contributed by atoms with Crippen LogP contribution in [-0.2, 0) is 6.42 Å². The standard InChI is InChI=1S/C19H24ClNO2/c1-13(2)23-19-9-4-14(11-18(19)20)10-16(12-21)15-5-7-17(22-3)8-6-15/h4-9,11,13,16H,10,12,21H2,1-3H3. The fourth-order valence-electron chi connectivity index (χ4n) is 2.52. The van der Waals surface area contributed by atoms with Crippen molar-refractivity contribution in [3.8, 4) is 11.5 Å². The average molecular weight is 334 g/mol. The summed E-state index contributed by atoms with van der Waals surface area (Å²) in [6.07, 6.45) is 0.944. The molecule has 2 aromatic carbocycles. The summed E-state index contributed by atoms with van der Waals surface area (Å²) in [5, 5.41) is 0.640. The Morgan fingerprint density at radius 3 is 2.30 bits per heavy atom. The Morgan fingerprint density at radius 2 is 1.78 bits per heavy atom. The molecule has 0 aliphatic carbocycles. The first-order chi connectivity index (χ1) is 11.0. The lowest BCUT2D eigenvalue weighted by Crippen LogP contribution is -2.15.